The van der Waals surface area contributed by atoms with Crippen LogP contribution >= 0.6 is 0 Å². The molecule has 2 rings (SSSR count). The fourth-order valence-corrected chi connectivity index (χ4v) is 2.25. The van der Waals surface area contributed by atoms with Crippen molar-refractivity contribution in [1.82, 2.24) is 19.8 Å². The maximum Gasteiger partial charge on any atom is 0.0949 e. The number of hydrogen-bond acceptors (Lipinski definition) is 3. The summed E-state index contributed by atoms with van der Waals surface area (Å²) >= 11 is 0. The second-order valence-electron chi connectivity index (χ2n) is 5.80. The van der Waals surface area contributed by atoms with E-state index in [4.69, 9.17) is 0 Å². The van der Waals surface area contributed by atoms with Crippen LogP contribution in [0.2, 0.25) is 0 Å². The van der Waals surface area contributed by atoms with E-state index in [9.17, 15) is 0 Å². The fraction of sp³-hybridized carbons (Fsp3) is 0.769. The Hall–Kier alpha value is -0.870. The average Bonchev–Trinajstić information content (AvgIpc) is 2.85. The topological polar surface area (TPSA) is 33.1 Å². The zero-order valence-electron chi connectivity index (χ0n) is 11.4. The smallest absolute Gasteiger partial charge is 0.0949 e. The first-order valence-corrected chi connectivity index (χ1v) is 6.41. The lowest BCUT2D eigenvalue weighted by Gasteiger charge is -2.33. The number of rotatable bonds is 4. The summed E-state index contributed by atoms with van der Waals surface area (Å²) in [7, 11) is 4.26. The largest absolute Gasteiger partial charge is 0.331 e. The van der Waals surface area contributed by atoms with Gasteiger partial charge in [0, 0.05) is 24.3 Å². The average molecular weight is 236 g/mol. The van der Waals surface area contributed by atoms with Crippen LogP contribution in [0.3, 0.4) is 0 Å². The van der Waals surface area contributed by atoms with E-state index >= 15 is 0 Å². The highest BCUT2D eigenvalue weighted by Crippen LogP contribution is 2.24. The molecule has 0 amide bonds. The van der Waals surface area contributed by atoms with Gasteiger partial charge in [0.25, 0.3) is 0 Å². The van der Waals surface area contributed by atoms with Gasteiger partial charge >= 0.3 is 0 Å². The molecule has 96 valence electrons. The molecule has 1 aliphatic rings. The third kappa shape index (κ3) is 2.69. The maximum absolute atomic E-state index is 4.31. The Balaban J connectivity index is 2.14. The highest BCUT2D eigenvalue weighted by atomic mass is 15.2. The van der Waals surface area contributed by atoms with Gasteiger partial charge in [0.15, 0.2) is 0 Å². The van der Waals surface area contributed by atoms with Crippen LogP contribution in [0.1, 0.15) is 38.4 Å². The van der Waals surface area contributed by atoms with Crippen molar-refractivity contribution >= 4 is 0 Å². The molecule has 1 N–H and O–H groups in total. The van der Waals surface area contributed by atoms with Gasteiger partial charge in [-0.1, -0.05) is 0 Å². The molecule has 0 saturated carbocycles. The zero-order valence-corrected chi connectivity index (χ0v) is 11.4. The van der Waals surface area contributed by atoms with Gasteiger partial charge < -0.3 is 14.8 Å². The molecular weight excluding hydrogens is 212 g/mol. The highest BCUT2D eigenvalue weighted by Gasteiger charge is 2.25. The van der Waals surface area contributed by atoms with Crippen LogP contribution in [0.5, 0.6) is 0 Å². The van der Waals surface area contributed by atoms with Gasteiger partial charge in [-0.05, 0) is 47.3 Å². The fourth-order valence-electron chi connectivity index (χ4n) is 2.25. The first-order valence-electron chi connectivity index (χ1n) is 6.41. The molecule has 1 aliphatic heterocycles. The normalized spacial score (nSPS) is 21.4. The SMILES string of the molecule is CN(C)C(C)(C)Cn1cncc1C1CCCN1. The Morgan fingerprint density at radius 1 is 1.53 bits per heavy atom. The quantitative estimate of drug-likeness (QED) is 0.863. The molecule has 1 saturated heterocycles. The lowest BCUT2D eigenvalue weighted by Crippen LogP contribution is -2.42. The molecule has 0 aliphatic carbocycles. The van der Waals surface area contributed by atoms with E-state index in [-0.39, 0.29) is 5.54 Å². The molecular formula is C13H24N4. The lowest BCUT2D eigenvalue weighted by molar-refractivity contribution is 0.167. The molecule has 0 spiro atoms. The Bertz CT molecular complexity index is 361. The molecule has 2 heterocycles. The van der Waals surface area contributed by atoms with Gasteiger partial charge in [-0.2, -0.15) is 0 Å². The Labute approximate surface area is 104 Å². The molecule has 17 heavy (non-hydrogen) atoms. The third-order valence-electron chi connectivity index (χ3n) is 3.93. The van der Waals surface area contributed by atoms with Crippen LogP contribution in [0.4, 0.5) is 0 Å². The van der Waals surface area contributed by atoms with E-state index in [0.717, 1.165) is 13.1 Å². The molecule has 4 nitrogen and oxygen atoms in total. The van der Waals surface area contributed by atoms with Crippen LogP contribution in [0, 0.1) is 0 Å². The van der Waals surface area contributed by atoms with Crippen molar-refractivity contribution in [2.45, 2.75) is 44.8 Å². The summed E-state index contributed by atoms with van der Waals surface area (Å²) in [6, 6.07) is 0.496. The van der Waals surface area contributed by atoms with Gasteiger partial charge in [-0.15, -0.1) is 0 Å². The summed E-state index contributed by atoms with van der Waals surface area (Å²) in [6.45, 7) is 6.64. The molecule has 0 bridgehead atoms. The number of aromatic nitrogens is 2. The second-order valence-corrected chi connectivity index (χ2v) is 5.80. The van der Waals surface area contributed by atoms with Crippen molar-refractivity contribution in [2.75, 3.05) is 20.6 Å². The molecule has 1 aromatic rings. The number of likely N-dealkylation sites (N-methyl/N-ethyl adjacent to an activating group) is 1. The summed E-state index contributed by atoms with van der Waals surface area (Å²) in [6.07, 6.45) is 6.47. The van der Waals surface area contributed by atoms with Crippen LogP contribution in [0.15, 0.2) is 12.5 Å². The molecule has 1 fully saturated rings. The lowest BCUT2D eigenvalue weighted by atomic mass is 10.0. The van der Waals surface area contributed by atoms with Gasteiger partial charge in [0.05, 0.1) is 12.0 Å². The Kier molecular flexibility index (Phi) is 3.54. The van der Waals surface area contributed by atoms with Crippen molar-refractivity contribution in [1.29, 1.82) is 0 Å². The van der Waals surface area contributed by atoms with Gasteiger partial charge in [0.1, 0.15) is 0 Å². The molecule has 1 aromatic heterocycles. The minimum atomic E-state index is 0.147. The number of imidazole rings is 1. The minimum absolute atomic E-state index is 0.147. The van der Waals surface area contributed by atoms with Gasteiger partial charge in [-0.3, -0.25) is 0 Å². The van der Waals surface area contributed by atoms with Crippen molar-refractivity contribution < 1.29 is 0 Å². The third-order valence-corrected chi connectivity index (χ3v) is 3.93. The summed E-state index contributed by atoms with van der Waals surface area (Å²) in [5.41, 5.74) is 1.48. The van der Waals surface area contributed by atoms with Crippen molar-refractivity contribution in [2.24, 2.45) is 0 Å². The van der Waals surface area contributed by atoms with Crippen LogP contribution in [-0.2, 0) is 6.54 Å². The second kappa shape index (κ2) is 4.78. The van der Waals surface area contributed by atoms with Crippen molar-refractivity contribution in [3.05, 3.63) is 18.2 Å². The summed E-state index contributed by atoms with van der Waals surface area (Å²) in [5, 5.41) is 3.54. The predicted octanol–water partition coefficient (Wildman–Crippen LogP) is 1.65. The highest BCUT2D eigenvalue weighted by molar-refractivity contribution is 5.08. The molecule has 1 unspecified atom stereocenters. The van der Waals surface area contributed by atoms with Crippen molar-refractivity contribution in [3.63, 3.8) is 0 Å². The molecule has 1 atom stereocenters. The predicted molar refractivity (Wildman–Crippen MR) is 70.0 cm³/mol. The monoisotopic (exact) mass is 236 g/mol. The minimum Gasteiger partial charge on any atom is -0.331 e. The summed E-state index contributed by atoms with van der Waals surface area (Å²) in [5.74, 6) is 0. The first-order chi connectivity index (χ1) is 8.00. The summed E-state index contributed by atoms with van der Waals surface area (Å²) < 4.78 is 2.29. The van der Waals surface area contributed by atoms with Crippen molar-refractivity contribution in [3.8, 4) is 0 Å². The maximum atomic E-state index is 4.31. The van der Waals surface area contributed by atoms with E-state index in [1.54, 1.807) is 0 Å². The number of nitrogens with zero attached hydrogens (tertiary/aromatic N) is 3. The van der Waals surface area contributed by atoms with E-state index in [0.29, 0.717) is 6.04 Å². The number of hydrogen-bond donors (Lipinski definition) is 1. The Morgan fingerprint density at radius 2 is 2.29 bits per heavy atom. The van der Waals surface area contributed by atoms with Crippen LogP contribution in [-0.4, -0.2) is 40.6 Å². The van der Waals surface area contributed by atoms with E-state index in [1.165, 1.54) is 18.5 Å². The Morgan fingerprint density at radius 3 is 2.88 bits per heavy atom. The van der Waals surface area contributed by atoms with Crippen LogP contribution < -0.4 is 5.32 Å². The summed E-state index contributed by atoms with van der Waals surface area (Å²) in [4.78, 5) is 6.58. The molecule has 0 radical (unpaired) electrons. The van der Waals surface area contributed by atoms with Gasteiger partial charge in [-0.25, -0.2) is 4.98 Å². The number of nitrogens with one attached hydrogen (secondary N) is 1. The molecule has 4 heteroatoms. The zero-order chi connectivity index (χ0) is 12.5. The van der Waals surface area contributed by atoms with E-state index in [1.807, 2.05) is 12.5 Å². The van der Waals surface area contributed by atoms with Gasteiger partial charge in [0.2, 0.25) is 0 Å². The molecule has 0 aromatic carbocycles. The van der Waals surface area contributed by atoms with E-state index < -0.39 is 0 Å². The first kappa shape index (κ1) is 12.6. The van der Waals surface area contributed by atoms with Crippen LogP contribution in [0.25, 0.3) is 0 Å². The standard InChI is InChI=1S/C13H24N4/c1-13(2,16(3)4)9-17-10-14-8-12(17)11-6-5-7-15-11/h8,10-11,15H,5-7,9H2,1-4H3. The van der Waals surface area contributed by atoms with E-state index in [2.05, 4.69) is 47.7 Å².